The number of hydrogen-bond acceptors (Lipinski definition) is 6. The molecule has 0 aliphatic rings. The van der Waals surface area contributed by atoms with Gasteiger partial charge in [-0.25, -0.2) is 0 Å². The molecule has 0 saturated carbocycles. The van der Waals surface area contributed by atoms with Crippen LogP contribution >= 0.6 is 22.7 Å². The van der Waals surface area contributed by atoms with Crippen LogP contribution in [0.5, 0.6) is 0 Å². The van der Waals surface area contributed by atoms with E-state index in [0.717, 1.165) is 25.9 Å². The molecular weight excluding hydrogens is 330 g/mol. The van der Waals surface area contributed by atoms with E-state index in [2.05, 4.69) is 15.5 Å². The summed E-state index contributed by atoms with van der Waals surface area (Å²) in [6, 6.07) is 3.83. The number of hydrogen-bond donors (Lipinski definition) is 1. The van der Waals surface area contributed by atoms with E-state index in [0.29, 0.717) is 11.8 Å². The topological polar surface area (TPSA) is 68.0 Å². The van der Waals surface area contributed by atoms with Gasteiger partial charge >= 0.3 is 0 Å². The molecule has 0 bridgehead atoms. The second kappa shape index (κ2) is 6.25. The largest absolute Gasteiger partial charge is 0.420 e. The fourth-order valence-corrected chi connectivity index (χ4v) is 3.78. The van der Waals surface area contributed by atoms with Crippen molar-refractivity contribution in [3.63, 3.8) is 0 Å². The molecule has 23 heavy (non-hydrogen) atoms. The van der Waals surface area contributed by atoms with E-state index >= 15 is 0 Å². The molecule has 3 rings (SSSR count). The van der Waals surface area contributed by atoms with Gasteiger partial charge in [0.2, 0.25) is 5.89 Å². The number of thiophene rings is 2. The lowest BCUT2D eigenvalue weighted by atomic mass is 10.2. The third-order valence-electron chi connectivity index (χ3n) is 3.38. The Kier molecular flexibility index (Phi) is 4.32. The molecule has 0 saturated heterocycles. The van der Waals surface area contributed by atoms with Gasteiger partial charge in [-0.1, -0.05) is 13.8 Å². The lowest BCUT2D eigenvalue weighted by molar-refractivity contribution is 0.103. The molecule has 0 atom stereocenters. The molecule has 0 aromatic carbocycles. The zero-order valence-electron chi connectivity index (χ0n) is 13.3. The first-order chi connectivity index (χ1) is 11.0. The maximum Gasteiger partial charge on any atom is 0.266 e. The molecule has 7 heteroatoms. The number of carbonyl (C=O) groups excluding carboxylic acids is 1. The normalized spacial score (nSPS) is 11.2. The Morgan fingerprint density at radius 3 is 2.70 bits per heavy atom. The van der Waals surface area contributed by atoms with Gasteiger partial charge in [-0.2, -0.15) is 0 Å². The zero-order chi connectivity index (χ0) is 16.6. The second-order valence-electron chi connectivity index (χ2n) is 5.57. The predicted octanol–water partition coefficient (Wildman–Crippen LogP) is 4.85. The van der Waals surface area contributed by atoms with E-state index in [1.807, 2.05) is 45.2 Å². The number of amides is 1. The summed E-state index contributed by atoms with van der Waals surface area (Å²) in [6.45, 7) is 7.91. The lowest BCUT2D eigenvalue weighted by Gasteiger charge is -2.03. The van der Waals surface area contributed by atoms with Crippen molar-refractivity contribution in [2.45, 2.75) is 33.6 Å². The molecule has 0 spiro atoms. The van der Waals surface area contributed by atoms with Gasteiger partial charge in [-0.3, -0.25) is 4.79 Å². The van der Waals surface area contributed by atoms with Crippen molar-refractivity contribution in [3.8, 4) is 10.8 Å². The fraction of sp³-hybridized carbons (Fsp3) is 0.312. The first-order valence-electron chi connectivity index (χ1n) is 7.25. The number of aryl methyl sites for hydroxylation is 2. The number of nitrogens with one attached hydrogen (secondary N) is 1. The summed E-state index contributed by atoms with van der Waals surface area (Å²) in [7, 11) is 0. The van der Waals surface area contributed by atoms with E-state index in [4.69, 9.17) is 4.42 Å². The first kappa shape index (κ1) is 15.9. The summed E-state index contributed by atoms with van der Waals surface area (Å²) < 4.78 is 5.67. The Morgan fingerprint density at radius 2 is 2.09 bits per heavy atom. The summed E-state index contributed by atoms with van der Waals surface area (Å²) in [4.78, 5) is 14.9. The average molecular weight is 347 g/mol. The number of aromatic nitrogens is 2. The SMILES string of the molecule is Cc1ccsc1C(=O)Nc1cc(-c2nnc(C(C)C)o2)sc1C. The Bertz CT molecular complexity index is 845. The molecule has 3 aromatic heterocycles. The smallest absolute Gasteiger partial charge is 0.266 e. The molecule has 1 N–H and O–H groups in total. The van der Waals surface area contributed by atoms with Gasteiger partial charge in [-0.05, 0) is 36.9 Å². The predicted molar refractivity (Wildman–Crippen MR) is 93.4 cm³/mol. The van der Waals surface area contributed by atoms with Crippen molar-refractivity contribution < 1.29 is 9.21 Å². The molecule has 120 valence electrons. The van der Waals surface area contributed by atoms with Crippen molar-refractivity contribution in [2.24, 2.45) is 0 Å². The summed E-state index contributed by atoms with van der Waals surface area (Å²) in [5.74, 6) is 1.22. The molecule has 0 aliphatic carbocycles. The van der Waals surface area contributed by atoms with Crippen LogP contribution in [-0.4, -0.2) is 16.1 Å². The minimum absolute atomic E-state index is 0.0849. The summed E-state index contributed by atoms with van der Waals surface area (Å²) in [5.41, 5.74) is 1.77. The van der Waals surface area contributed by atoms with Crippen molar-refractivity contribution in [3.05, 3.63) is 38.7 Å². The van der Waals surface area contributed by atoms with Gasteiger partial charge in [-0.15, -0.1) is 32.9 Å². The van der Waals surface area contributed by atoms with Crippen LogP contribution in [0, 0.1) is 13.8 Å². The molecule has 0 aliphatic heterocycles. The van der Waals surface area contributed by atoms with Crippen LogP contribution in [0.4, 0.5) is 5.69 Å². The Balaban J connectivity index is 1.83. The highest BCUT2D eigenvalue weighted by molar-refractivity contribution is 7.16. The van der Waals surface area contributed by atoms with Gasteiger partial charge in [0.15, 0.2) is 0 Å². The third-order valence-corrected chi connectivity index (χ3v) is 5.43. The van der Waals surface area contributed by atoms with Gasteiger partial charge in [0.25, 0.3) is 11.8 Å². The molecule has 3 aromatic rings. The van der Waals surface area contributed by atoms with Crippen LogP contribution in [0.1, 0.15) is 45.8 Å². The summed E-state index contributed by atoms with van der Waals surface area (Å²) >= 11 is 2.97. The van der Waals surface area contributed by atoms with E-state index in [1.54, 1.807) is 0 Å². The Hall–Kier alpha value is -1.99. The standard InChI is InChI=1S/C16H17N3O2S2/c1-8(2)15-18-19-16(21-15)12-7-11(10(4)23-12)17-14(20)13-9(3)5-6-22-13/h5-8H,1-4H3,(H,17,20). The summed E-state index contributed by atoms with van der Waals surface area (Å²) in [5, 5.41) is 13.0. The molecule has 1 amide bonds. The molecule has 0 radical (unpaired) electrons. The molecular formula is C16H17N3O2S2. The van der Waals surface area contributed by atoms with Crippen molar-refractivity contribution in [1.82, 2.24) is 10.2 Å². The molecule has 3 heterocycles. The van der Waals surface area contributed by atoms with Gasteiger partial charge in [0.1, 0.15) is 0 Å². The average Bonchev–Trinajstić information content (AvgIpc) is 3.19. The van der Waals surface area contributed by atoms with Gasteiger partial charge in [0.05, 0.1) is 15.4 Å². The second-order valence-corrected chi connectivity index (χ2v) is 7.74. The summed E-state index contributed by atoms with van der Waals surface area (Å²) in [6.07, 6.45) is 0. The van der Waals surface area contributed by atoms with Gasteiger partial charge < -0.3 is 9.73 Å². The molecule has 0 unspecified atom stereocenters. The van der Waals surface area contributed by atoms with Crippen LogP contribution in [0.25, 0.3) is 10.8 Å². The maximum atomic E-state index is 12.3. The highest BCUT2D eigenvalue weighted by Gasteiger charge is 2.17. The number of nitrogens with zero attached hydrogens (tertiary/aromatic N) is 2. The van der Waals surface area contributed by atoms with Crippen LogP contribution < -0.4 is 5.32 Å². The van der Waals surface area contributed by atoms with E-state index in [1.165, 1.54) is 22.7 Å². The Morgan fingerprint density at radius 1 is 1.30 bits per heavy atom. The van der Waals surface area contributed by atoms with Crippen LogP contribution in [0.15, 0.2) is 21.9 Å². The number of anilines is 1. The molecule has 0 fully saturated rings. The third kappa shape index (κ3) is 3.20. The highest BCUT2D eigenvalue weighted by atomic mass is 32.1. The first-order valence-corrected chi connectivity index (χ1v) is 8.95. The lowest BCUT2D eigenvalue weighted by Crippen LogP contribution is -2.11. The quantitative estimate of drug-likeness (QED) is 0.732. The van der Waals surface area contributed by atoms with Crippen molar-refractivity contribution in [2.75, 3.05) is 5.32 Å². The highest BCUT2D eigenvalue weighted by Crippen LogP contribution is 2.34. The van der Waals surface area contributed by atoms with Crippen molar-refractivity contribution in [1.29, 1.82) is 0 Å². The van der Waals surface area contributed by atoms with Crippen molar-refractivity contribution >= 4 is 34.3 Å². The fourth-order valence-electron chi connectivity index (χ4n) is 2.06. The monoisotopic (exact) mass is 347 g/mol. The van der Waals surface area contributed by atoms with Crippen LogP contribution in [0.3, 0.4) is 0 Å². The van der Waals surface area contributed by atoms with Crippen LogP contribution in [-0.2, 0) is 0 Å². The van der Waals surface area contributed by atoms with E-state index < -0.39 is 0 Å². The Labute approximate surface area is 142 Å². The van der Waals surface area contributed by atoms with Crippen LogP contribution in [0.2, 0.25) is 0 Å². The van der Waals surface area contributed by atoms with E-state index in [9.17, 15) is 4.79 Å². The minimum atomic E-state index is -0.0849. The maximum absolute atomic E-state index is 12.3. The number of carbonyl (C=O) groups is 1. The number of rotatable bonds is 4. The zero-order valence-corrected chi connectivity index (χ0v) is 15.0. The van der Waals surface area contributed by atoms with Gasteiger partial charge in [0, 0.05) is 10.8 Å². The van der Waals surface area contributed by atoms with E-state index in [-0.39, 0.29) is 11.8 Å². The molecule has 5 nitrogen and oxygen atoms in total. The minimum Gasteiger partial charge on any atom is -0.420 e.